The molecule has 0 radical (unpaired) electrons. The van der Waals surface area contributed by atoms with Crippen LogP contribution in [0, 0.1) is 5.92 Å². The molecular formula is C11H20N2O2. The van der Waals surface area contributed by atoms with E-state index in [1.807, 2.05) is 20.8 Å². The molecule has 1 rings (SSSR count). The van der Waals surface area contributed by atoms with Gasteiger partial charge in [-0.1, -0.05) is 6.92 Å². The number of rotatable bonds is 4. The number of nitrogens with one attached hydrogen (secondary N) is 2. The highest BCUT2D eigenvalue weighted by molar-refractivity contribution is 5.94. The fraction of sp³-hybridized carbons (Fsp3) is 0.727. The molecule has 15 heavy (non-hydrogen) atoms. The first-order valence-electron chi connectivity index (χ1n) is 5.37. The van der Waals surface area contributed by atoms with Crippen LogP contribution < -0.4 is 10.6 Å². The van der Waals surface area contributed by atoms with Gasteiger partial charge in [0.1, 0.15) is 0 Å². The Kier molecular flexibility index (Phi) is 4.29. The molecule has 0 aromatic rings. The molecule has 0 aliphatic carbocycles. The fourth-order valence-corrected chi connectivity index (χ4v) is 1.29. The van der Waals surface area contributed by atoms with Crippen LogP contribution in [0.1, 0.15) is 20.8 Å². The molecule has 2 unspecified atom stereocenters. The molecule has 4 heteroatoms. The molecule has 1 heterocycles. The van der Waals surface area contributed by atoms with E-state index in [-0.39, 0.29) is 24.5 Å². The molecule has 0 bridgehead atoms. The minimum atomic E-state index is -0.0145. The van der Waals surface area contributed by atoms with Gasteiger partial charge in [0.25, 0.3) is 0 Å². The summed E-state index contributed by atoms with van der Waals surface area (Å²) in [7, 11) is 0. The van der Waals surface area contributed by atoms with Gasteiger partial charge in [-0.2, -0.15) is 0 Å². The minimum Gasteiger partial charge on any atom is -0.396 e. The van der Waals surface area contributed by atoms with Crippen molar-refractivity contribution in [2.24, 2.45) is 5.92 Å². The smallest absolute Gasteiger partial charge is 0.247 e. The molecule has 1 saturated heterocycles. The van der Waals surface area contributed by atoms with E-state index in [1.54, 1.807) is 0 Å². The third-order valence-electron chi connectivity index (χ3n) is 3.05. The molecule has 4 nitrogen and oxygen atoms in total. The van der Waals surface area contributed by atoms with E-state index in [4.69, 9.17) is 5.11 Å². The van der Waals surface area contributed by atoms with Crippen molar-refractivity contribution in [2.75, 3.05) is 19.7 Å². The SMILES string of the molecule is CC(C(=O)NC(C)C(C)CO)=C1CNC1. The molecule has 1 aliphatic rings. The Labute approximate surface area is 90.7 Å². The summed E-state index contributed by atoms with van der Waals surface area (Å²) < 4.78 is 0. The molecule has 1 amide bonds. The summed E-state index contributed by atoms with van der Waals surface area (Å²) in [5.74, 6) is 0.0746. The van der Waals surface area contributed by atoms with E-state index in [2.05, 4.69) is 10.6 Å². The Morgan fingerprint density at radius 3 is 2.53 bits per heavy atom. The van der Waals surface area contributed by atoms with Gasteiger partial charge >= 0.3 is 0 Å². The molecule has 2 atom stereocenters. The lowest BCUT2D eigenvalue weighted by atomic mass is 10.0. The average Bonchev–Trinajstić information content (AvgIpc) is 2.13. The number of amides is 1. The largest absolute Gasteiger partial charge is 0.396 e. The Balaban J connectivity index is 2.48. The Hall–Kier alpha value is -0.870. The minimum absolute atomic E-state index is 0.00563. The lowest BCUT2D eigenvalue weighted by Crippen LogP contribution is -2.42. The molecule has 1 aliphatic heterocycles. The highest BCUT2D eigenvalue weighted by Gasteiger charge is 2.19. The second-order valence-corrected chi connectivity index (χ2v) is 4.25. The van der Waals surface area contributed by atoms with E-state index in [0.29, 0.717) is 0 Å². The maximum Gasteiger partial charge on any atom is 0.247 e. The number of carbonyl (C=O) groups excluding carboxylic acids is 1. The van der Waals surface area contributed by atoms with Crippen molar-refractivity contribution >= 4 is 5.91 Å². The van der Waals surface area contributed by atoms with Gasteiger partial charge < -0.3 is 15.7 Å². The van der Waals surface area contributed by atoms with E-state index in [0.717, 1.165) is 18.7 Å². The van der Waals surface area contributed by atoms with Crippen LogP contribution in [0.3, 0.4) is 0 Å². The maximum atomic E-state index is 11.7. The van der Waals surface area contributed by atoms with Crippen LogP contribution in [0.25, 0.3) is 0 Å². The number of hydrogen-bond donors (Lipinski definition) is 3. The summed E-state index contributed by atoms with van der Waals surface area (Å²) >= 11 is 0. The van der Waals surface area contributed by atoms with Crippen molar-refractivity contribution in [3.63, 3.8) is 0 Å². The van der Waals surface area contributed by atoms with Gasteiger partial charge in [-0.25, -0.2) is 0 Å². The standard InChI is InChI=1S/C11H20N2O2/c1-7(6-14)9(3)13-11(15)8(2)10-4-12-5-10/h7,9,12,14H,4-6H2,1-3H3,(H,13,15). The molecule has 1 fully saturated rings. The van der Waals surface area contributed by atoms with Crippen molar-refractivity contribution < 1.29 is 9.90 Å². The molecule has 0 saturated carbocycles. The number of carbonyl (C=O) groups is 1. The summed E-state index contributed by atoms with van der Waals surface area (Å²) in [5.41, 5.74) is 1.99. The van der Waals surface area contributed by atoms with Gasteiger partial charge in [0.2, 0.25) is 5.91 Å². The first-order chi connectivity index (χ1) is 7.06. The number of hydrogen-bond acceptors (Lipinski definition) is 3. The summed E-state index contributed by atoms with van der Waals surface area (Å²) in [5, 5.41) is 15.0. The van der Waals surface area contributed by atoms with Gasteiger partial charge in [0.15, 0.2) is 0 Å². The van der Waals surface area contributed by atoms with Crippen LogP contribution in [0.5, 0.6) is 0 Å². The zero-order valence-corrected chi connectivity index (χ0v) is 9.63. The zero-order valence-electron chi connectivity index (χ0n) is 9.63. The first-order valence-corrected chi connectivity index (χ1v) is 5.37. The summed E-state index contributed by atoms with van der Waals surface area (Å²) in [6.07, 6.45) is 0. The van der Waals surface area contributed by atoms with Gasteiger partial charge in [0, 0.05) is 31.3 Å². The number of aliphatic hydroxyl groups is 1. The average molecular weight is 212 g/mol. The zero-order chi connectivity index (χ0) is 11.4. The fourth-order valence-electron chi connectivity index (χ4n) is 1.29. The van der Waals surface area contributed by atoms with Crippen molar-refractivity contribution in [3.05, 3.63) is 11.1 Å². The third kappa shape index (κ3) is 3.04. The monoisotopic (exact) mass is 212 g/mol. The van der Waals surface area contributed by atoms with Crippen molar-refractivity contribution in [2.45, 2.75) is 26.8 Å². The van der Waals surface area contributed by atoms with E-state index in [1.165, 1.54) is 5.57 Å². The van der Waals surface area contributed by atoms with E-state index >= 15 is 0 Å². The Morgan fingerprint density at radius 1 is 1.53 bits per heavy atom. The Bertz CT molecular complexity index is 268. The molecule has 0 aromatic heterocycles. The highest BCUT2D eigenvalue weighted by Crippen LogP contribution is 2.10. The molecule has 0 spiro atoms. The molecule has 0 aromatic carbocycles. The predicted octanol–water partition coefficient (Wildman–Crippen LogP) is 0.0392. The summed E-state index contributed by atoms with van der Waals surface area (Å²) in [6, 6.07) is 0.00563. The van der Waals surface area contributed by atoms with Crippen LogP contribution in [0.15, 0.2) is 11.1 Å². The summed E-state index contributed by atoms with van der Waals surface area (Å²) in [6.45, 7) is 7.42. The van der Waals surface area contributed by atoms with Crippen LogP contribution in [-0.4, -0.2) is 36.8 Å². The molecular weight excluding hydrogens is 192 g/mol. The lowest BCUT2D eigenvalue weighted by molar-refractivity contribution is -0.118. The number of aliphatic hydroxyl groups excluding tert-OH is 1. The van der Waals surface area contributed by atoms with Crippen molar-refractivity contribution in [1.82, 2.24) is 10.6 Å². The van der Waals surface area contributed by atoms with Gasteiger partial charge in [0.05, 0.1) is 0 Å². The maximum absolute atomic E-state index is 11.7. The predicted molar refractivity (Wildman–Crippen MR) is 59.4 cm³/mol. The van der Waals surface area contributed by atoms with Crippen molar-refractivity contribution in [3.8, 4) is 0 Å². The highest BCUT2D eigenvalue weighted by atomic mass is 16.3. The third-order valence-corrected chi connectivity index (χ3v) is 3.05. The van der Waals surface area contributed by atoms with Crippen LogP contribution in [0.4, 0.5) is 0 Å². The first kappa shape index (κ1) is 12.2. The normalized spacial score (nSPS) is 19.1. The second kappa shape index (κ2) is 5.28. The van der Waals surface area contributed by atoms with Crippen LogP contribution in [0.2, 0.25) is 0 Å². The summed E-state index contributed by atoms with van der Waals surface area (Å²) in [4.78, 5) is 11.7. The van der Waals surface area contributed by atoms with E-state index < -0.39 is 0 Å². The quantitative estimate of drug-likeness (QED) is 0.577. The van der Waals surface area contributed by atoms with Gasteiger partial charge in [-0.3, -0.25) is 4.79 Å². The molecule has 3 N–H and O–H groups in total. The topological polar surface area (TPSA) is 61.4 Å². The van der Waals surface area contributed by atoms with Gasteiger partial charge in [-0.15, -0.1) is 0 Å². The molecule has 86 valence electrons. The second-order valence-electron chi connectivity index (χ2n) is 4.25. The van der Waals surface area contributed by atoms with Crippen molar-refractivity contribution in [1.29, 1.82) is 0 Å². The lowest BCUT2D eigenvalue weighted by Gasteiger charge is -2.24. The van der Waals surface area contributed by atoms with E-state index in [9.17, 15) is 4.79 Å². The van der Waals surface area contributed by atoms with Crippen LogP contribution in [-0.2, 0) is 4.79 Å². The van der Waals surface area contributed by atoms with Crippen LogP contribution >= 0.6 is 0 Å². The Morgan fingerprint density at radius 2 is 2.13 bits per heavy atom. The van der Waals surface area contributed by atoms with Gasteiger partial charge in [-0.05, 0) is 25.3 Å².